The number of nitrogens with one attached hydrogen (secondary N) is 1. The van der Waals surface area contributed by atoms with E-state index in [0.29, 0.717) is 19.3 Å². The SMILES string of the molecule is O=C(CCC1CCN(S(=O)(=O)c2ccccc2F)CC1)NCc1cc(F)ccc1F. The van der Waals surface area contributed by atoms with E-state index in [2.05, 4.69) is 5.32 Å². The molecule has 162 valence electrons. The van der Waals surface area contributed by atoms with Crippen LogP contribution in [-0.4, -0.2) is 31.7 Å². The summed E-state index contributed by atoms with van der Waals surface area (Å²) in [5, 5.41) is 2.57. The van der Waals surface area contributed by atoms with E-state index in [4.69, 9.17) is 0 Å². The highest BCUT2D eigenvalue weighted by Gasteiger charge is 2.31. The zero-order chi connectivity index (χ0) is 21.7. The van der Waals surface area contributed by atoms with Gasteiger partial charge in [0.15, 0.2) is 0 Å². The Morgan fingerprint density at radius 3 is 2.43 bits per heavy atom. The average Bonchev–Trinajstić information content (AvgIpc) is 2.73. The van der Waals surface area contributed by atoms with Crippen LogP contribution in [0.2, 0.25) is 0 Å². The lowest BCUT2D eigenvalue weighted by atomic mass is 9.93. The van der Waals surface area contributed by atoms with E-state index < -0.39 is 27.5 Å². The van der Waals surface area contributed by atoms with Gasteiger partial charge < -0.3 is 5.32 Å². The zero-order valence-corrected chi connectivity index (χ0v) is 17.1. The minimum atomic E-state index is -3.88. The number of piperidine rings is 1. The topological polar surface area (TPSA) is 66.5 Å². The Kier molecular flexibility index (Phi) is 7.14. The van der Waals surface area contributed by atoms with Crippen LogP contribution in [0.25, 0.3) is 0 Å². The van der Waals surface area contributed by atoms with Gasteiger partial charge in [0.2, 0.25) is 15.9 Å². The van der Waals surface area contributed by atoms with Crippen molar-refractivity contribution in [3.8, 4) is 0 Å². The average molecular weight is 440 g/mol. The molecule has 3 rings (SSSR count). The number of carbonyl (C=O) groups is 1. The lowest BCUT2D eigenvalue weighted by Crippen LogP contribution is -2.39. The Balaban J connectivity index is 1.45. The van der Waals surface area contributed by atoms with Crippen molar-refractivity contribution in [1.82, 2.24) is 9.62 Å². The van der Waals surface area contributed by atoms with Gasteiger partial charge in [0, 0.05) is 31.6 Å². The summed E-state index contributed by atoms with van der Waals surface area (Å²) < 4.78 is 67.1. The smallest absolute Gasteiger partial charge is 0.245 e. The number of sulfonamides is 1. The van der Waals surface area contributed by atoms with Crippen molar-refractivity contribution in [2.24, 2.45) is 5.92 Å². The molecule has 1 saturated heterocycles. The molecule has 0 spiro atoms. The Morgan fingerprint density at radius 2 is 1.73 bits per heavy atom. The van der Waals surface area contributed by atoms with E-state index in [0.717, 1.165) is 24.3 Å². The van der Waals surface area contributed by atoms with Gasteiger partial charge in [-0.25, -0.2) is 21.6 Å². The number of benzene rings is 2. The van der Waals surface area contributed by atoms with E-state index in [1.165, 1.54) is 22.5 Å². The highest BCUT2D eigenvalue weighted by atomic mass is 32.2. The normalized spacial score (nSPS) is 15.8. The second-order valence-corrected chi connectivity index (χ2v) is 9.24. The molecule has 1 heterocycles. The van der Waals surface area contributed by atoms with Crippen LogP contribution in [0.3, 0.4) is 0 Å². The molecule has 9 heteroatoms. The first-order chi connectivity index (χ1) is 14.3. The Morgan fingerprint density at radius 1 is 1.03 bits per heavy atom. The van der Waals surface area contributed by atoms with E-state index in [-0.39, 0.29) is 48.3 Å². The molecule has 1 N–H and O–H groups in total. The molecule has 0 aromatic heterocycles. The maximum atomic E-state index is 13.9. The van der Waals surface area contributed by atoms with Crippen LogP contribution in [0.5, 0.6) is 0 Å². The van der Waals surface area contributed by atoms with Crippen molar-refractivity contribution in [3.05, 3.63) is 65.5 Å². The monoisotopic (exact) mass is 440 g/mol. The predicted octanol–water partition coefficient (Wildman–Crippen LogP) is 3.60. The third-order valence-corrected chi connectivity index (χ3v) is 7.22. The molecular weight excluding hydrogens is 417 g/mol. The number of halogens is 3. The first-order valence-corrected chi connectivity index (χ1v) is 11.2. The van der Waals surface area contributed by atoms with Gasteiger partial charge in [0.05, 0.1) is 0 Å². The van der Waals surface area contributed by atoms with E-state index in [9.17, 15) is 26.4 Å². The van der Waals surface area contributed by atoms with E-state index in [1.807, 2.05) is 0 Å². The molecule has 0 unspecified atom stereocenters. The summed E-state index contributed by atoms with van der Waals surface area (Å²) in [4.78, 5) is 11.7. The number of rotatable bonds is 7. The molecule has 2 aromatic carbocycles. The maximum Gasteiger partial charge on any atom is 0.245 e. The highest BCUT2D eigenvalue weighted by Crippen LogP contribution is 2.27. The Hall–Kier alpha value is -2.39. The van der Waals surface area contributed by atoms with Crippen molar-refractivity contribution >= 4 is 15.9 Å². The van der Waals surface area contributed by atoms with Crippen LogP contribution < -0.4 is 5.32 Å². The third kappa shape index (κ3) is 5.40. The number of carbonyl (C=O) groups excluding carboxylic acids is 1. The first kappa shape index (κ1) is 22.3. The van der Waals surface area contributed by atoms with Gasteiger partial charge in [-0.2, -0.15) is 4.31 Å². The standard InChI is InChI=1S/C21H23F3N2O3S/c22-17-6-7-18(23)16(13-17)14-25-21(27)8-5-15-9-11-26(12-10-15)30(28,29)20-4-2-1-3-19(20)24/h1-4,6-7,13,15H,5,8-12,14H2,(H,25,27). The molecule has 1 amide bonds. The minimum Gasteiger partial charge on any atom is -0.352 e. The predicted molar refractivity (Wildman–Crippen MR) is 105 cm³/mol. The molecule has 2 aromatic rings. The van der Waals surface area contributed by atoms with Crippen molar-refractivity contribution in [1.29, 1.82) is 0 Å². The van der Waals surface area contributed by atoms with Crippen LogP contribution in [0.15, 0.2) is 47.4 Å². The van der Waals surface area contributed by atoms with Gasteiger partial charge in [-0.1, -0.05) is 12.1 Å². The second kappa shape index (κ2) is 9.61. The fourth-order valence-electron chi connectivity index (χ4n) is 3.53. The van der Waals surface area contributed by atoms with Crippen molar-refractivity contribution in [3.63, 3.8) is 0 Å². The number of nitrogens with zero attached hydrogens (tertiary/aromatic N) is 1. The summed E-state index contributed by atoms with van der Waals surface area (Å²) in [6, 6.07) is 8.36. The Bertz CT molecular complexity index is 1010. The van der Waals surface area contributed by atoms with Gasteiger partial charge in [0.25, 0.3) is 0 Å². The van der Waals surface area contributed by atoms with Crippen molar-refractivity contribution < 1.29 is 26.4 Å². The minimum absolute atomic E-state index is 0.0787. The number of hydrogen-bond donors (Lipinski definition) is 1. The van der Waals surface area contributed by atoms with Gasteiger partial charge in [-0.3, -0.25) is 4.79 Å². The van der Waals surface area contributed by atoms with Crippen LogP contribution >= 0.6 is 0 Å². The molecule has 0 atom stereocenters. The summed E-state index contributed by atoms with van der Waals surface area (Å²) in [5.41, 5.74) is 0.0787. The van der Waals surface area contributed by atoms with Crippen LogP contribution in [0.4, 0.5) is 13.2 Å². The molecule has 1 fully saturated rings. The lowest BCUT2D eigenvalue weighted by molar-refractivity contribution is -0.121. The summed E-state index contributed by atoms with van der Waals surface area (Å²) in [5.74, 6) is -2.04. The molecular formula is C21H23F3N2O3S. The second-order valence-electron chi connectivity index (χ2n) is 7.33. The molecule has 1 aliphatic heterocycles. The van der Waals surface area contributed by atoms with Crippen LogP contribution in [-0.2, 0) is 21.4 Å². The molecule has 0 radical (unpaired) electrons. The maximum absolute atomic E-state index is 13.9. The molecule has 5 nitrogen and oxygen atoms in total. The van der Waals surface area contributed by atoms with Gasteiger partial charge in [-0.15, -0.1) is 0 Å². The molecule has 1 aliphatic rings. The summed E-state index contributed by atoms with van der Waals surface area (Å²) in [7, 11) is -3.88. The summed E-state index contributed by atoms with van der Waals surface area (Å²) in [6.07, 6.45) is 1.91. The Labute approximate surface area is 173 Å². The van der Waals surface area contributed by atoms with E-state index >= 15 is 0 Å². The summed E-state index contributed by atoms with van der Waals surface area (Å²) in [6.45, 7) is 0.427. The fraction of sp³-hybridized carbons (Fsp3) is 0.381. The van der Waals surface area contributed by atoms with Crippen LogP contribution in [0.1, 0.15) is 31.2 Å². The van der Waals surface area contributed by atoms with Crippen LogP contribution in [0, 0.1) is 23.4 Å². The molecule has 0 bridgehead atoms. The molecule has 0 aliphatic carbocycles. The quantitative estimate of drug-likeness (QED) is 0.716. The highest BCUT2D eigenvalue weighted by molar-refractivity contribution is 7.89. The van der Waals surface area contributed by atoms with Crippen molar-refractivity contribution in [2.75, 3.05) is 13.1 Å². The summed E-state index contributed by atoms with van der Waals surface area (Å²) >= 11 is 0. The third-order valence-electron chi connectivity index (χ3n) is 5.29. The number of amides is 1. The number of hydrogen-bond acceptors (Lipinski definition) is 3. The molecule has 30 heavy (non-hydrogen) atoms. The molecule has 0 saturated carbocycles. The van der Waals surface area contributed by atoms with Gasteiger partial charge >= 0.3 is 0 Å². The fourth-order valence-corrected chi connectivity index (χ4v) is 5.06. The van der Waals surface area contributed by atoms with Gasteiger partial charge in [0.1, 0.15) is 22.3 Å². The first-order valence-electron chi connectivity index (χ1n) is 9.72. The largest absolute Gasteiger partial charge is 0.352 e. The van der Waals surface area contributed by atoms with Gasteiger partial charge in [-0.05, 0) is 55.5 Å². The lowest BCUT2D eigenvalue weighted by Gasteiger charge is -2.31. The van der Waals surface area contributed by atoms with E-state index in [1.54, 1.807) is 0 Å². The zero-order valence-electron chi connectivity index (χ0n) is 16.3. The van der Waals surface area contributed by atoms with Crippen molar-refractivity contribution in [2.45, 2.75) is 37.1 Å².